The lowest BCUT2D eigenvalue weighted by Gasteiger charge is -2.46. The standard InChI is InChI=1S/C23H28F3N3O/c24-23(25,26)20-28-15-18(16-29-20)7-1-3-9-21(19-8-2-6-13-27-19)12-14-30-22(17-21)10-4-5-11-22/h2,6,8,13,15-16H,1,3-5,7,9-12,14,17H2. The summed E-state index contributed by atoms with van der Waals surface area (Å²) in [4.78, 5) is 11.6. The van der Waals surface area contributed by atoms with Crippen LogP contribution in [0.4, 0.5) is 13.2 Å². The Morgan fingerprint density at radius 2 is 1.73 bits per heavy atom. The lowest BCUT2D eigenvalue weighted by atomic mass is 9.67. The van der Waals surface area contributed by atoms with Gasteiger partial charge in [-0.2, -0.15) is 13.2 Å². The first-order chi connectivity index (χ1) is 14.4. The van der Waals surface area contributed by atoms with Crippen molar-refractivity contribution in [2.75, 3.05) is 6.61 Å². The molecule has 2 aromatic heterocycles. The molecule has 1 saturated heterocycles. The Balaban J connectivity index is 1.41. The Morgan fingerprint density at radius 3 is 2.40 bits per heavy atom. The molecule has 0 bridgehead atoms. The van der Waals surface area contributed by atoms with E-state index >= 15 is 0 Å². The van der Waals surface area contributed by atoms with Crippen LogP contribution in [0, 0.1) is 0 Å². The molecule has 1 spiro atoms. The van der Waals surface area contributed by atoms with Crippen molar-refractivity contribution in [2.45, 2.75) is 81.4 Å². The van der Waals surface area contributed by atoms with E-state index < -0.39 is 12.0 Å². The van der Waals surface area contributed by atoms with Crippen LogP contribution in [0.15, 0.2) is 36.8 Å². The molecule has 7 heteroatoms. The summed E-state index contributed by atoms with van der Waals surface area (Å²) >= 11 is 0. The summed E-state index contributed by atoms with van der Waals surface area (Å²) in [7, 11) is 0. The first kappa shape index (κ1) is 21.2. The van der Waals surface area contributed by atoms with E-state index in [0.29, 0.717) is 6.42 Å². The second-order valence-corrected chi connectivity index (χ2v) is 8.78. The van der Waals surface area contributed by atoms with Gasteiger partial charge in [0.05, 0.1) is 5.60 Å². The average Bonchev–Trinajstić information content (AvgIpc) is 3.19. The van der Waals surface area contributed by atoms with Crippen molar-refractivity contribution < 1.29 is 17.9 Å². The number of hydrogen-bond acceptors (Lipinski definition) is 4. The highest BCUT2D eigenvalue weighted by atomic mass is 19.4. The van der Waals surface area contributed by atoms with Crippen molar-refractivity contribution in [3.05, 3.63) is 53.9 Å². The molecule has 0 radical (unpaired) electrons. The maximum atomic E-state index is 12.6. The molecule has 3 heterocycles. The second-order valence-electron chi connectivity index (χ2n) is 8.78. The fourth-order valence-corrected chi connectivity index (χ4v) is 5.22. The van der Waals surface area contributed by atoms with Crippen LogP contribution in [0.5, 0.6) is 0 Å². The summed E-state index contributed by atoms with van der Waals surface area (Å²) in [5.41, 5.74) is 1.91. The van der Waals surface area contributed by atoms with E-state index in [1.807, 2.05) is 12.3 Å². The minimum Gasteiger partial charge on any atom is -0.375 e. The third kappa shape index (κ3) is 4.66. The van der Waals surface area contributed by atoms with Crippen molar-refractivity contribution in [1.82, 2.24) is 15.0 Å². The monoisotopic (exact) mass is 419 g/mol. The molecule has 1 saturated carbocycles. The zero-order valence-corrected chi connectivity index (χ0v) is 17.1. The van der Waals surface area contributed by atoms with Gasteiger partial charge in [-0.3, -0.25) is 4.98 Å². The Hall–Kier alpha value is -2.02. The fourth-order valence-electron chi connectivity index (χ4n) is 5.22. The molecule has 0 N–H and O–H groups in total. The number of halogens is 3. The van der Waals surface area contributed by atoms with Crippen LogP contribution in [-0.4, -0.2) is 27.2 Å². The Labute approximate surface area is 175 Å². The van der Waals surface area contributed by atoms with Gasteiger partial charge in [0, 0.05) is 36.3 Å². The molecule has 1 aliphatic heterocycles. The van der Waals surface area contributed by atoms with Crippen LogP contribution in [0.25, 0.3) is 0 Å². The van der Waals surface area contributed by atoms with Gasteiger partial charge in [0.1, 0.15) is 0 Å². The molecule has 2 aromatic rings. The molecule has 162 valence electrons. The van der Waals surface area contributed by atoms with Gasteiger partial charge in [0.15, 0.2) is 0 Å². The lowest BCUT2D eigenvalue weighted by molar-refractivity contribution is -0.145. The van der Waals surface area contributed by atoms with Crippen LogP contribution in [-0.2, 0) is 22.7 Å². The highest BCUT2D eigenvalue weighted by Crippen LogP contribution is 2.50. The van der Waals surface area contributed by atoms with Crippen LogP contribution in [0.3, 0.4) is 0 Å². The van der Waals surface area contributed by atoms with E-state index in [2.05, 4.69) is 22.1 Å². The molecule has 1 unspecified atom stereocenters. The SMILES string of the molecule is FC(F)(F)c1ncc(CCCCC2(c3ccccn3)CCOC3(CCCC3)C2)cn1. The molecule has 1 atom stereocenters. The first-order valence-electron chi connectivity index (χ1n) is 10.8. The molecule has 0 aromatic carbocycles. The summed E-state index contributed by atoms with van der Waals surface area (Å²) in [6.45, 7) is 0.767. The molecular formula is C23H28F3N3O. The lowest BCUT2D eigenvalue weighted by Crippen LogP contribution is -2.46. The van der Waals surface area contributed by atoms with Gasteiger partial charge in [-0.25, -0.2) is 9.97 Å². The zero-order chi connectivity index (χ0) is 21.1. The van der Waals surface area contributed by atoms with Gasteiger partial charge >= 0.3 is 6.18 Å². The van der Waals surface area contributed by atoms with Gasteiger partial charge < -0.3 is 4.74 Å². The van der Waals surface area contributed by atoms with Crippen LogP contribution in [0.1, 0.15) is 74.9 Å². The largest absolute Gasteiger partial charge is 0.451 e. The number of unbranched alkanes of at least 4 members (excludes halogenated alkanes) is 1. The maximum Gasteiger partial charge on any atom is 0.451 e. The topological polar surface area (TPSA) is 47.9 Å². The third-order valence-electron chi connectivity index (χ3n) is 6.70. The van der Waals surface area contributed by atoms with E-state index in [1.165, 1.54) is 25.2 Å². The highest BCUT2D eigenvalue weighted by Gasteiger charge is 2.48. The molecule has 30 heavy (non-hydrogen) atoms. The molecule has 2 fully saturated rings. The number of hydrogen-bond donors (Lipinski definition) is 0. The Kier molecular flexibility index (Phi) is 6.09. The molecule has 4 rings (SSSR count). The number of aryl methyl sites for hydroxylation is 1. The number of ether oxygens (including phenoxy) is 1. The minimum absolute atomic E-state index is 0.00294. The van der Waals surface area contributed by atoms with Crippen molar-refractivity contribution in [3.8, 4) is 0 Å². The summed E-state index contributed by atoms with van der Waals surface area (Å²) in [6.07, 6.45) is 10.2. The second kappa shape index (κ2) is 8.61. The Morgan fingerprint density at radius 1 is 0.967 bits per heavy atom. The van der Waals surface area contributed by atoms with Crippen LogP contribution >= 0.6 is 0 Å². The zero-order valence-electron chi connectivity index (χ0n) is 17.1. The van der Waals surface area contributed by atoms with Crippen LogP contribution < -0.4 is 0 Å². The van der Waals surface area contributed by atoms with Crippen LogP contribution in [0.2, 0.25) is 0 Å². The van der Waals surface area contributed by atoms with Crippen molar-refractivity contribution in [3.63, 3.8) is 0 Å². The van der Waals surface area contributed by atoms with E-state index in [9.17, 15) is 13.2 Å². The molecule has 2 aliphatic rings. The first-order valence-corrected chi connectivity index (χ1v) is 10.8. The van der Waals surface area contributed by atoms with E-state index in [-0.39, 0.29) is 11.0 Å². The molecule has 0 amide bonds. The van der Waals surface area contributed by atoms with E-state index in [0.717, 1.165) is 62.8 Å². The predicted molar refractivity (Wildman–Crippen MR) is 107 cm³/mol. The average molecular weight is 419 g/mol. The summed E-state index contributed by atoms with van der Waals surface area (Å²) in [5.74, 6) is -1.08. The van der Waals surface area contributed by atoms with Gasteiger partial charge in [0.2, 0.25) is 5.82 Å². The summed E-state index contributed by atoms with van der Waals surface area (Å²) in [5, 5.41) is 0. The molecule has 1 aliphatic carbocycles. The number of nitrogens with zero attached hydrogens (tertiary/aromatic N) is 3. The quantitative estimate of drug-likeness (QED) is 0.567. The normalized spacial score (nSPS) is 23.7. The van der Waals surface area contributed by atoms with Crippen molar-refractivity contribution in [1.29, 1.82) is 0 Å². The summed E-state index contributed by atoms with van der Waals surface area (Å²) in [6, 6.07) is 6.14. The number of rotatable bonds is 6. The van der Waals surface area contributed by atoms with Gasteiger partial charge in [-0.05, 0) is 62.6 Å². The number of pyridine rings is 1. The fraction of sp³-hybridized carbons (Fsp3) is 0.609. The molecular weight excluding hydrogens is 391 g/mol. The molecule has 4 nitrogen and oxygen atoms in total. The Bertz CT molecular complexity index is 820. The summed E-state index contributed by atoms with van der Waals surface area (Å²) < 4.78 is 44.1. The smallest absolute Gasteiger partial charge is 0.375 e. The number of aromatic nitrogens is 3. The maximum absolute atomic E-state index is 12.6. The van der Waals surface area contributed by atoms with Gasteiger partial charge in [-0.15, -0.1) is 0 Å². The van der Waals surface area contributed by atoms with Gasteiger partial charge in [-0.1, -0.05) is 25.3 Å². The third-order valence-corrected chi connectivity index (χ3v) is 6.70. The highest BCUT2D eigenvalue weighted by molar-refractivity contribution is 5.20. The van der Waals surface area contributed by atoms with Crippen molar-refractivity contribution >= 4 is 0 Å². The predicted octanol–water partition coefficient (Wildman–Crippen LogP) is 5.66. The minimum atomic E-state index is -4.49. The van der Waals surface area contributed by atoms with E-state index in [1.54, 1.807) is 0 Å². The van der Waals surface area contributed by atoms with E-state index in [4.69, 9.17) is 9.72 Å². The van der Waals surface area contributed by atoms with Gasteiger partial charge in [0.25, 0.3) is 0 Å². The number of alkyl halides is 3. The van der Waals surface area contributed by atoms with Crippen molar-refractivity contribution in [2.24, 2.45) is 0 Å².